The van der Waals surface area contributed by atoms with Crippen LogP contribution in [-0.2, 0) is 4.79 Å². The fourth-order valence-corrected chi connectivity index (χ4v) is 2.56. The summed E-state index contributed by atoms with van der Waals surface area (Å²) in [6.07, 6.45) is 1.77. The predicted octanol–water partition coefficient (Wildman–Crippen LogP) is 3.58. The van der Waals surface area contributed by atoms with E-state index >= 15 is 0 Å². The van der Waals surface area contributed by atoms with Gasteiger partial charge >= 0.3 is 6.03 Å². The second-order valence-electron chi connectivity index (χ2n) is 6.12. The van der Waals surface area contributed by atoms with Crippen molar-refractivity contribution in [2.75, 3.05) is 17.2 Å². The van der Waals surface area contributed by atoms with Gasteiger partial charge in [0.05, 0.1) is 0 Å². The fraction of sp³-hybridized carbons (Fsp3) is 0.353. The van der Waals surface area contributed by atoms with E-state index in [1.807, 2.05) is 13.0 Å². The summed E-state index contributed by atoms with van der Waals surface area (Å²) in [5, 5.41) is 9.71. The number of urea groups is 1. The number of hydrogen-bond donors (Lipinski definition) is 2. The third kappa shape index (κ3) is 4.51. The standard InChI is InChI=1S/C17H19ClN4O3/c1-10-3-4-12(8-14(10)18)19-17(24)22(13-5-6-13)9-16(23)20-15-7-11(2)25-21-15/h3-4,7-8,13H,5-6,9H2,1-2H3,(H,19,24)(H,20,21,23). The topological polar surface area (TPSA) is 87.5 Å². The highest BCUT2D eigenvalue weighted by Crippen LogP contribution is 2.28. The highest BCUT2D eigenvalue weighted by atomic mass is 35.5. The summed E-state index contributed by atoms with van der Waals surface area (Å²) in [5.74, 6) is 0.615. The van der Waals surface area contributed by atoms with Gasteiger partial charge in [0.15, 0.2) is 5.82 Å². The number of halogens is 1. The lowest BCUT2D eigenvalue weighted by Crippen LogP contribution is -2.42. The van der Waals surface area contributed by atoms with Crippen molar-refractivity contribution >= 4 is 35.0 Å². The molecule has 7 nitrogen and oxygen atoms in total. The summed E-state index contributed by atoms with van der Waals surface area (Å²) >= 11 is 6.08. The normalized spacial score (nSPS) is 13.4. The zero-order valence-electron chi connectivity index (χ0n) is 14.0. The van der Waals surface area contributed by atoms with Crippen LogP contribution in [0.5, 0.6) is 0 Å². The van der Waals surface area contributed by atoms with Crippen LogP contribution in [0.1, 0.15) is 24.2 Å². The number of amides is 3. The minimum Gasteiger partial charge on any atom is -0.360 e. The van der Waals surface area contributed by atoms with Gasteiger partial charge in [-0.3, -0.25) is 4.79 Å². The van der Waals surface area contributed by atoms with Crippen LogP contribution in [0.2, 0.25) is 5.02 Å². The Morgan fingerprint density at radius 3 is 2.64 bits per heavy atom. The number of benzene rings is 1. The Morgan fingerprint density at radius 1 is 1.28 bits per heavy atom. The van der Waals surface area contributed by atoms with Gasteiger partial charge in [-0.25, -0.2) is 4.79 Å². The first-order chi connectivity index (χ1) is 11.9. The summed E-state index contributed by atoms with van der Waals surface area (Å²) in [6.45, 7) is 3.57. The molecule has 8 heteroatoms. The van der Waals surface area contributed by atoms with E-state index in [2.05, 4.69) is 15.8 Å². The summed E-state index contributed by atoms with van der Waals surface area (Å²) < 4.78 is 4.91. The molecular weight excluding hydrogens is 344 g/mol. The third-order valence-corrected chi connectivity index (χ3v) is 4.29. The third-order valence-electron chi connectivity index (χ3n) is 3.88. The zero-order valence-corrected chi connectivity index (χ0v) is 14.8. The van der Waals surface area contributed by atoms with E-state index < -0.39 is 0 Å². The molecule has 2 N–H and O–H groups in total. The molecule has 0 radical (unpaired) electrons. The molecule has 1 saturated carbocycles. The van der Waals surface area contributed by atoms with E-state index in [1.54, 1.807) is 25.1 Å². The van der Waals surface area contributed by atoms with E-state index in [9.17, 15) is 9.59 Å². The van der Waals surface area contributed by atoms with Crippen LogP contribution >= 0.6 is 11.6 Å². The molecule has 0 saturated heterocycles. The van der Waals surface area contributed by atoms with Crippen molar-refractivity contribution in [1.29, 1.82) is 0 Å². The number of hydrogen-bond acceptors (Lipinski definition) is 4. The average Bonchev–Trinajstić information content (AvgIpc) is 3.31. The van der Waals surface area contributed by atoms with Crippen LogP contribution in [0.4, 0.5) is 16.3 Å². The molecule has 2 aromatic rings. The Bertz CT molecular complexity index is 801. The van der Waals surface area contributed by atoms with Gasteiger partial charge < -0.3 is 20.1 Å². The van der Waals surface area contributed by atoms with E-state index in [1.165, 1.54) is 4.90 Å². The molecule has 0 aliphatic heterocycles. The first kappa shape index (κ1) is 17.3. The van der Waals surface area contributed by atoms with Gasteiger partial charge in [0, 0.05) is 22.8 Å². The van der Waals surface area contributed by atoms with Crippen LogP contribution in [0.15, 0.2) is 28.8 Å². The maximum Gasteiger partial charge on any atom is 0.322 e. The molecule has 1 aliphatic rings. The minimum absolute atomic E-state index is 0.0536. The molecule has 132 valence electrons. The monoisotopic (exact) mass is 362 g/mol. The van der Waals surface area contributed by atoms with Crippen LogP contribution < -0.4 is 10.6 Å². The van der Waals surface area contributed by atoms with Crippen LogP contribution in [0.25, 0.3) is 0 Å². The number of carbonyl (C=O) groups excluding carboxylic acids is 2. The minimum atomic E-state index is -0.325. The number of rotatable bonds is 5. The van der Waals surface area contributed by atoms with Crippen LogP contribution in [0, 0.1) is 13.8 Å². The Morgan fingerprint density at radius 2 is 2.04 bits per heavy atom. The lowest BCUT2D eigenvalue weighted by molar-refractivity contribution is -0.116. The van der Waals surface area contributed by atoms with Crippen molar-refractivity contribution in [3.05, 3.63) is 40.6 Å². The molecule has 25 heavy (non-hydrogen) atoms. The van der Waals surface area contributed by atoms with Gasteiger partial charge in [-0.15, -0.1) is 0 Å². The quantitative estimate of drug-likeness (QED) is 0.851. The Hall–Kier alpha value is -2.54. The van der Waals surface area contributed by atoms with Crippen LogP contribution in [-0.4, -0.2) is 34.6 Å². The van der Waals surface area contributed by atoms with Crippen molar-refractivity contribution in [3.63, 3.8) is 0 Å². The molecule has 1 aromatic heterocycles. The summed E-state index contributed by atoms with van der Waals surface area (Å²) in [6, 6.07) is 6.67. The van der Waals surface area contributed by atoms with Gasteiger partial charge in [-0.05, 0) is 44.4 Å². The summed E-state index contributed by atoms with van der Waals surface area (Å²) in [7, 11) is 0. The van der Waals surface area contributed by atoms with E-state index in [0.717, 1.165) is 18.4 Å². The van der Waals surface area contributed by atoms with Crippen molar-refractivity contribution in [3.8, 4) is 0 Å². The van der Waals surface area contributed by atoms with E-state index in [-0.39, 0.29) is 24.5 Å². The average molecular weight is 363 g/mol. The second-order valence-corrected chi connectivity index (χ2v) is 6.53. The maximum atomic E-state index is 12.5. The Balaban J connectivity index is 1.62. The number of nitrogens with one attached hydrogen (secondary N) is 2. The van der Waals surface area contributed by atoms with Crippen molar-refractivity contribution < 1.29 is 14.1 Å². The van der Waals surface area contributed by atoms with Gasteiger partial charge in [-0.1, -0.05) is 22.8 Å². The van der Waals surface area contributed by atoms with Crippen molar-refractivity contribution in [2.24, 2.45) is 0 Å². The number of nitrogens with zero attached hydrogens (tertiary/aromatic N) is 2. The molecule has 1 aromatic carbocycles. The number of carbonyl (C=O) groups is 2. The van der Waals surface area contributed by atoms with Crippen LogP contribution in [0.3, 0.4) is 0 Å². The second kappa shape index (κ2) is 7.14. The first-order valence-electron chi connectivity index (χ1n) is 7.99. The SMILES string of the molecule is Cc1cc(NC(=O)CN(C(=O)Nc2ccc(C)c(Cl)c2)C2CC2)no1. The van der Waals surface area contributed by atoms with E-state index in [0.29, 0.717) is 22.3 Å². The summed E-state index contributed by atoms with van der Waals surface area (Å²) in [5.41, 5.74) is 1.53. The van der Waals surface area contributed by atoms with Gasteiger partial charge in [-0.2, -0.15) is 0 Å². The molecule has 0 atom stereocenters. The Kier molecular flexibility index (Phi) is 4.94. The smallest absolute Gasteiger partial charge is 0.322 e. The van der Waals surface area contributed by atoms with E-state index in [4.69, 9.17) is 16.1 Å². The van der Waals surface area contributed by atoms with Gasteiger partial charge in [0.25, 0.3) is 0 Å². The number of anilines is 2. The molecule has 0 bridgehead atoms. The zero-order chi connectivity index (χ0) is 18.0. The lowest BCUT2D eigenvalue weighted by atomic mass is 10.2. The molecular formula is C17H19ClN4O3. The summed E-state index contributed by atoms with van der Waals surface area (Å²) in [4.78, 5) is 26.2. The predicted molar refractivity (Wildman–Crippen MR) is 94.8 cm³/mol. The molecule has 1 fully saturated rings. The molecule has 0 spiro atoms. The molecule has 1 aliphatic carbocycles. The number of aryl methyl sites for hydroxylation is 2. The maximum absolute atomic E-state index is 12.5. The highest BCUT2D eigenvalue weighted by Gasteiger charge is 2.34. The van der Waals surface area contributed by atoms with Gasteiger partial charge in [0.1, 0.15) is 12.3 Å². The van der Waals surface area contributed by atoms with Crippen molar-refractivity contribution in [1.82, 2.24) is 10.1 Å². The molecule has 3 rings (SSSR count). The highest BCUT2D eigenvalue weighted by molar-refractivity contribution is 6.31. The van der Waals surface area contributed by atoms with Gasteiger partial charge in [0.2, 0.25) is 5.91 Å². The fourth-order valence-electron chi connectivity index (χ4n) is 2.38. The number of aromatic nitrogens is 1. The first-order valence-corrected chi connectivity index (χ1v) is 8.37. The Labute approximate surface area is 150 Å². The molecule has 1 heterocycles. The molecule has 0 unspecified atom stereocenters. The lowest BCUT2D eigenvalue weighted by Gasteiger charge is -2.22. The van der Waals surface area contributed by atoms with Crippen molar-refractivity contribution in [2.45, 2.75) is 32.7 Å². The largest absolute Gasteiger partial charge is 0.360 e. The molecule has 3 amide bonds.